The van der Waals surface area contributed by atoms with Crippen molar-refractivity contribution in [3.63, 3.8) is 0 Å². The number of aliphatic hydroxyl groups is 1. The van der Waals surface area contributed by atoms with Gasteiger partial charge in [0.15, 0.2) is 0 Å². The molecule has 106 valence electrons. The molecule has 0 radical (unpaired) electrons. The van der Waals surface area contributed by atoms with E-state index in [1.165, 1.54) is 11.3 Å². The average molecular weight is 290 g/mol. The number of carbonyl (C=O) groups excluding carboxylic acids is 1. The molecule has 1 aromatic carbocycles. The summed E-state index contributed by atoms with van der Waals surface area (Å²) in [6, 6.07) is 7.15. The van der Waals surface area contributed by atoms with Gasteiger partial charge in [-0.15, -0.1) is 11.3 Å². The van der Waals surface area contributed by atoms with Crippen LogP contribution in [0.25, 0.3) is 0 Å². The van der Waals surface area contributed by atoms with Crippen LogP contribution in [-0.2, 0) is 12.0 Å². The molecular weight excluding hydrogens is 272 g/mol. The van der Waals surface area contributed by atoms with Gasteiger partial charge in [-0.1, -0.05) is 32.9 Å². The highest BCUT2D eigenvalue weighted by molar-refractivity contribution is 7.13. The number of carbonyl (C=O) groups is 1. The summed E-state index contributed by atoms with van der Waals surface area (Å²) in [4.78, 5) is 17.0. The molecule has 2 rings (SSSR count). The number of aromatic nitrogens is 1. The third-order valence-electron chi connectivity index (χ3n) is 2.74. The molecule has 0 saturated carbocycles. The first-order chi connectivity index (χ1) is 9.40. The molecule has 0 spiro atoms. The summed E-state index contributed by atoms with van der Waals surface area (Å²) in [5, 5.41) is 12.8. The third kappa shape index (κ3) is 3.43. The molecule has 2 aromatic rings. The van der Waals surface area contributed by atoms with E-state index < -0.39 is 0 Å². The van der Waals surface area contributed by atoms with Crippen molar-refractivity contribution in [2.45, 2.75) is 32.8 Å². The minimum absolute atomic E-state index is 0.0432. The topological polar surface area (TPSA) is 62.2 Å². The van der Waals surface area contributed by atoms with Gasteiger partial charge < -0.3 is 10.4 Å². The second kappa shape index (κ2) is 5.73. The standard InChI is InChI=1S/C15H18N2O2S/c1-15(2,3)14-16-8-12(20-14)13(19)17-11-6-4-5-10(7-11)9-18/h4-8,18H,9H2,1-3H3,(H,17,19). The lowest BCUT2D eigenvalue weighted by Gasteiger charge is -2.13. The number of amides is 1. The average Bonchev–Trinajstić information content (AvgIpc) is 2.88. The van der Waals surface area contributed by atoms with Crippen LogP contribution >= 0.6 is 11.3 Å². The number of hydrogen-bond acceptors (Lipinski definition) is 4. The van der Waals surface area contributed by atoms with Crippen molar-refractivity contribution in [3.8, 4) is 0 Å². The number of rotatable bonds is 3. The summed E-state index contributed by atoms with van der Waals surface area (Å²) >= 11 is 1.40. The van der Waals surface area contributed by atoms with E-state index in [0.717, 1.165) is 10.6 Å². The molecule has 20 heavy (non-hydrogen) atoms. The Kier molecular flexibility index (Phi) is 4.20. The maximum atomic E-state index is 12.2. The molecule has 0 aliphatic carbocycles. The van der Waals surface area contributed by atoms with E-state index in [1.807, 2.05) is 0 Å². The van der Waals surface area contributed by atoms with Gasteiger partial charge >= 0.3 is 0 Å². The molecule has 1 amide bonds. The molecule has 5 heteroatoms. The van der Waals surface area contributed by atoms with E-state index in [-0.39, 0.29) is 17.9 Å². The predicted molar refractivity (Wildman–Crippen MR) is 81.1 cm³/mol. The summed E-state index contributed by atoms with van der Waals surface area (Å²) < 4.78 is 0. The van der Waals surface area contributed by atoms with Crippen molar-refractivity contribution in [2.75, 3.05) is 5.32 Å². The summed E-state index contributed by atoms with van der Waals surface area (Å²) in [7, 11) is 0. The van der Waals surface area contributed by atoms with Gasteiger partial charge in [-0.05, 0) is 17.7 Å². The Morgan fingerprint density at radius 1 is 1.40 bits per heavy atom. The molecule has 4 nitrogen and oxygen atoms in total. The zero-order valence-corrected chi connectivity index (χ0v) is 12.6. The second-order valence-corrected chi connectivity index (χ2v) is 6.62. The molecule has 0 fully saturated rings. The molecule has 0 aliphatic rings. The van der Waals surface area contributed by atoms with Crippen molar-refractivity contribution >= 4 is 22.9 Å². The lowest BCUT2D eigenvalue weighted by atomic mass is 9.98. The van der Waals surface area contributed by atoms with E-state index in [2.05, 4.69) is 31.1 Å². The Morgan fingerprint density at radius 3 is 2.75 bits per heavy atom. The van der Waals surface area contributed by atoms with Gasteiger partial charge in [0, 0.05) is 11.1 Å². The third-order valence-corrected chi connectivity index (χ3v) is 4.16. The fraction of sp³-hybridized carbons (Fsp3) is 0.333. The number of thiazole rings is 1. The number of anilines is 1. The summed E-state index contributed by atoms with van der Waals surface area (Å²) in [6.07, 6.45) is 1.61. The Hall–Kier alpha value is -1.72. The van der Waals surface area contributed by atoms with Gasteiger partial charge in [-0.2, -0.15) is 0 Å². The minimum atomic E-state index is -0.173. The van der Waals surface area contributed by atoms with Gasteiger partial charge in [0.05, 0.1) is 17.8 Å². The lowest BCUT2D eigenvalue weighted by Crippen LogP contribution is -2.11. The number of nitrogens with one attached hydrogen (secondary N) is 1. The van der Waals surface area contributed by atoms with Crippen LogP contribution in [0.2, 0.25) is 0 Å². The first-order valence-corrected chi connectivity index (χ1v) is 7.19. The van der Waals surface area contributed by atoms with Crippen molar-refractivity contribution in [3.05, 3.63) is 45.9 Å². The maximum Gasteiger partial charge on any atom is 0.267 e. The van der Waals surface area contributed by atoms with Gasteiger partial charge in [0.2, 0.25) is 0 Å². The van der Waals surface area contributed by atoms with E-state index in [9.17, 15) is 4.79 Å². The number of aliphatic hydroxyl groups excluding tert-OH is 1. The highest BCUT2D eigenvalue weighted by Gasteiger charge is 2.20. The van der Waals surface area contributed by atoms with Crippen molar-refractivity contribution in [1.29, 1.82) is 0 Å². The lowest BCUT2D eigenvalue weighted by molar-refractivity contribution is 0.103. The first-order valence-electron chi connectivity index (χ1n) is 6.37. The highest BCUT2D eigenvalue weighted by Crippen LogP contribution is 2.27. The van der Waals surface area contributed by atoms with E-state index in [1.54, 1.807) is 30.5 Å². The monoisotopic (exact) mass is 290 g/mol. The zero-order valence-electron chi connectivity index (χ0n) is 11.8. The Bertz CT molecular complexity index is 614. The van der Waals surface area contributed by atoms with Crippen LogP contribution in [0.15, 0.2) is 30.5 Å². The van der Waals surface area contributed by atoms with Crippen LogP contribution in [0.5, 0.6) is 0 Å². The molecule has 1 aromatic heterocycles. The quantitative estimate of drug-likeness (QED) is 0.912. The molecule has 0 atom stereocenters. The van der Waals surface area contributed by atoms with Crippen LogP contribution in [0.3, 0.4) is 0 Å². The molecule has 0 bridgehead atoms. The van der Waals surface area contributed by atoms with Gasteiger partial charge in [0.1, 0.15) is 4.88 Å². The van der Waals surface area contributed by atoms with E-state index in [4.69, 9.17) is 5.11 Å². The Morgan fingerprint density at radius 2 is 2.15 bits per heavy atom. The number of benzene rings is 1. The summed E-state index contributed by atoms with van der Waals surface area (Å²) in [6.45, 7) is 6.16. The Labute approximate surface area is 122 Å². The zero-order chi connectivity index (χ0) is 14.8. The summed E-state index contributed by atoms with van der Waals surface area (Å²) in [5.41, 5.74) is 1.38. The van der Waals surface area contributed by atoms with Crippen molar-refractivity contribution in [1.82, 2.24) is 4.98 Å². The fourth-order valence-corrected chi connectivity index (χ4v) is 2.53. The Balaban J connectivity index is 2.13. The molecule has 0 unspecified atom stereocenters. The minimum Gasteiger partial charge on any atom is -0.392 e. The highest BCUT2D eigenvalue weighted by atomic mass is 32.1. The van der Waals surface area contributed by atoms with E-state index >= 15 is 0 Å². The van der Waals surface area contributed by atoms with Crippen molar-refractivity contribution < 1.29 is 9.90 Å². The molecule has 2 N–H and O–H groups in total. The van der Waals surface area contributed by atoms with Crippen LogP contribution in [0.1, 0.15) is 41.0 Å². The maximum absolute atomic E-state index is 12.2. The fourth-order valence-electron chi connectivity index (χ4n) is 1.67. The molecular formula is C15H18N2O2S. The van der Waals surface area contributed by atoms with Gasteiger partial charge in [-0.25, -0.2) is 4.98 Å². The molecule has 0 aliphatic heterocycles. The van der Waals surface area contributed by atoms with Crippen LogP contribution in [0, 0.1) is 0 Å². The van der Waals surface area contributed by atoms with Gasteiger partial charge in [-0.3, -0.25) is 4.79 Å². The number of hydrogen-bond donors (Lipinski definition) is 2. The largest absolute Gasteiger partial charge is 0.392 e. The molecule has 1 heterocycles. The summed E-state index contributed by atoms with van der Waals surface area (Å²) in [5.74, 6) is -0.173. The second-order valence-electron chi connectivity index (χ2n) is 5.59. The van der Waals surface area contributed by atoms with Crippen LogP contribution < -0.4 is 5.32 Å². The SMILES string of the molecule is CC(C)(C)c1ncc(C(=O)Nc2cccc(CO)c2)s1. The van der Waals surface area contributed by atoms with Crippen LogP contribution in [-0.4, -0.2) is 16.0 Å². The van der Waals surface area contributed by atoms with Crippen LogP contribution in [0.4, 0.5) is 5.69 Å². The molecule has 0 saturated heterocycles. The van der Waals surface area contributed by atoms with E-state index in [0.29, 0.717) is 10.6 Å². The smallest absolute Gasteiger partial charge is 0.267 e. The van der Waals surface area contributed by atoms with Gasteiger partial charge in [0.25, 0.3) is 5.91 Å². The first kappa shape index (κ1) is 14.7. The van der Waals surface area contributed by atoms with Crippen molar-refractivity contribution in [2.24, 2.45) is 0 Å². The predicted octanol–water partition coefficient (Wildman–Crippen LogP) is 3.19. The number of nitrogens with zero attached hydrogens (tertiary/aromatic N) is 1. The normalized spacial score (nSPS) is 11.4.